The number of benzene rings is 1. The molecule has 0 aliphatic heterocycles. The van der Waals surface area contributed by atoms with Gasteiger partial charge < -0.3 is 13.9 Å². The van der Waals surface area contributed by atoms with Crippen LogP contribution in [0.3, 0.4) is 0 Å². The zero-order valence-electron chi connectivity index (χ0n) is 11.6. The van der Waals surface area contributed by atoms with E-state index in [1.807, 2.05) is 19.1 Å². The highest BCUT2D eigenvalue weighted by Gasteiger charge is 2.28. The van der Waals surface area contributed by atoms with E-state index in [4.69, 9.17) is 4.42 Å². The molecular weight excluding hydrogens is 389 g/mol. The predicted octanol–water partition coefficient (Wildman–Crippen LogP) is 2.83. The van der Waals surface area contributed by atoms with Crippen molar-refractivity contribution in [1.82, 2.24) is 4.98 Å². The van der Waals surface area contributed by atoms with Gasteiger partial charge in [0.05, 0.1) is 19.8 Å². The highest BCUT2D eigenvalue weighted by Crippen LogP contribution is 2.29. The first-order valence-corrected chi connectivity index (χ1v) is 7.00. The summed E-state index contributed by atoms with van der Waals surface area (Å²) in [5.74, 6) is -1.63. The van der Waals surface area contributed by atoms with Gasteiger partial charge in [-0.15, -0.1) is 0 Å². The van der Waals surface area contributed by atoms with Crippen LogP contribution in [0.25, 0.3) is 11.5 Å². The molecule has 110 valence electrons. The number of carbonyl (C=O) groups excluding carboxylic acids is 2. The number of halogens is 1. The summed E-state index contributed by atoms with van der Waals surface area (Å²) in [6.07, 6.45) is 0. The first-order chi connectivity index (χ1) is 9.99. The molecule has 0 unspecified atom stereocenters. The second kappa shape index (κ2) is 6.25. The Labute approximate surface area is 134 Å². The van der Waals surface area contributed by atoms with E-state index in [9.17, 15) is 9.59 Å². The lowest BCUT2D eigenvalue weighted by molar-refractivity contribution is 0.0527. The molecule has 1 heterocycles. The molecule has 0 aliphatic rings. The molecule has 0 saturated heterocycles. The van der Waals surface area contributed by atoms with Crippen LogP contribution < -0.4 is 0 Å². The van der Waals surface area contributed by atoms with E-state index in [1.165, 1.54) is 14.2 Å². The maximum atomic E-state index is 11.7. The van der Waals surface area contributed by atoms with Crippen LogP contribution in [-0.4, -0.2) is 31.1 Å². The van der Waals surface area contributed by atoms with Crippen molar-refractivity contribution in [1.29, 1.82) is 0 Å². The molecule has 0 fully saturated rings. The first kappa shape index (κ1) is 15.5. The molecule has 6 nitrogen and oxygen atoms in total. The summed E-state index contributed by atoms with van der Waals surface area (Å²) < 4.78 is 15.5. The fourth-order valence-corrected chi connectivity index (χ4v) is 2.30. The van der Waals surface area contributed by atoms with Crippen molar-refractivity contribution in [2.24, 2.45) is 0 Å². The smallest absolute Gasteiger partial charge is 0.376 e. The van der Waals surface area contributed by atoms with E-state index < -0.39 is 11.9 Å². The third-order valence-corrected chi connectivity index (χ3v) is 4.23. The zero-order valence-corrected chi connectivity index (χ0v) is 13.8. The number of methoxy groups -OCH3 is 2. The number of ether oxygens (including phenoxy) is 2. The summed E-state index contributed by atoms with van der Waals surface area (Å²) in [5.41, 5.74) is 1.53. The van der Waals surface area contributed by atoms with Crippen LogP contribution in [0.5, 0.6) is 0 Å². The Morgan fingerprint density at radius 3 is 2.48 bits per heavy atom. The highest BCUT2D eigenvalue weighted by molar-refractivity contribution is 14.1. The van der Waals surface area contributed by atoms with Gasteiger partial charge in [0.15, 0.2) is 0 Å². The van der Waals surface area contributed by atoms with E-state index in [0.717, 1.165) is 9.13 Å². The molecule has 0 amide bonds. The molecule has 0 radical (unpaired) electrons. The van der Waals surface area contributed by atoms with Gasteiger partial charge in [-0.05, 0) is 41.1 Å². The molecule has 1 aromatic heterocycles. The first-order valence-electron chi connectivity index (χ1n) is 5.92. The largest absolute Gasteiger partial charge is 0.464 e. The lowest BCUT2D eigenvalue weighted by atomic mass is 10.1. The van der Waals surface area contributed by atoms with Crippen molar-refractivity contribution in [2.75, 3.05) is 14.2 Å². The number of esters is 2. The van der Waals surface area contributed by atoms with Crippen molar-refractivity contribution in [2.45, 2.75) is 6.92 Å². The van der Waals surface area contributed by atoms with E-state index in [0.29, 0.717) is 5.56 Å². The number of oxazole rings is 1. The molecule has 0 saturated carbocycles. The lowest BCUT2D eigenvalue weighted by Crippen LogP contribution is -2.10. The number of nitrogens with zero attached hydrogens (tertiary/aromatic N) is 1. The number of hydrogen-bond acceptors (Lipinski definition) is 6. The maximum Gasteiger partial charge on any atom is 0.376 e. The van der Waals surface area contributed by atoms with Gasteiger partial charge in [0.2, 0.25) is 17.3 Å². The molecule has 0 spiro atoms. The molecule has 0 atom stereocenters. The number of hydrogen-bond donors (Lipinski definition) is 0. The number of rotatable bonds is 3. The standard InChI is InChI=1S/C14H12INO5/c1-7-5-4-6-8(9(7)15)12-16-10(13(17)19-2)11(21-12)14(18)20-3/h4-6H,1-3H3. The van der Waals surface area contributed by atoms with Gasteiger partial charge in [-0.25, -0.2) is 14.6 Å². The van der Waals surface area contributed by atoms with Crippen LogP contribution in [-0.2, 0) is 9.47 Å². The summed E-state index contributed by atoms with van der Waals surface area (Å²) >= 11 is 2.15. The molecule has 0 bridgehead atoms. The average Bonchev–Trinajstić information content (AvgIpc) is 2.93. The van der Waals surface area contributed by atoms with Gasteiger partial charge in [-0.1, -0.05) is 12.1 Å². The van der Waals surface area contributed by atoms with E-state index in [2.05, 4.69) is 37.0 Å². The van der Waals surface area contributed by atoms with Gasteiger partial charge in [-0.2, -0.15) is 0 Å². The summed E-state index contributed by atoms with van der Waals surface area (Å²) in [7, 11) is 2.40. The van der Waals surface area contributed by atoms with Gasteiger partial charge in [0, 0.05) is 3.57 Å². The Morgan fingerprint density at radius 1 is 1.19 bits per heavy atom. The van der Waals surface area contributed by atoms with Gasteiger partial charge >= 0.3 is 11.9 Å². The highest BCUT2D eigenvalue weighted by atomic mass is 127. The lowest BCUT2D eigenvalue weighted by Gasteiger charge is -2.02. The maximum absolute atomic E-state index is 11.7. The molecule has 1 aromatic carbocycles. The molecule has 21 heavy (non-hydrogen) atoms. The quantitative estimate of drug-likeness (QED) is 0.582. The minimum absolute atomic E-state index is 0.170. The van der Waals surface area contributed by atoms with Crippen LogP contribution in [0.15, 0.2) is 22.6 Å². The van der Waals surface area contributed by atoms with Gasteiger partial charge in [0.25, 0.3) is 0 Å². The Hall–Kier alpha value is -1.90. The molecular formula is C14H12INO5. The summed E-state index contributed by atoms with van der Waals surface area (Å²) in [4.78, 5) is 27.5. The Kier molecular flexibility index (Phi) is 4.61. The van der Waals surface area contributed by atoms with Crippen molar-refractivity contribution in [3.8, 4) is 11.5 Å². The summed E-state index contributed by atoms with van der Waals surface area (Å²) in [5, 5.41) is 0. The topological polar surface area (TPSA) is 78.6 Å². The van der Waals surface area contributed by atoms with Crippen molar-refractivity contribution in [3.05, 3.63) is 38.8 Å². The Balaban J connectivity index is 2.61. The van der Waals surface area contributed by atoms with Crippen molar-refractivity contribution >= 4 is 34.5 Å². The van der Waals surface area contributed by atoms with E-state index in [1.54, 1.807) is 6.07 Å². The Morgan fingerprint density at radius 2 is 1.86 bits per heavy atom. The third-order valence-electron chi connectivity index (χ3n) is 2.80. The minimum Gasteiger partial charge on any atom is -0.464 e. The monoisotopic (exact) mass is 401 g/mol. The second-order valence-corrected chi connectivity index (χ2v) is 5.20. The number of carbonyl (C=O) groups is 2. The predicted molar refractivity (Wildman–Crippen MR) is 82.1 cm³/mol. The van der Waals surface area contributed by atoms with Crippen LogP contribution >= 0.6 is 22.6 Å². The minimum atomic E-state index is -0.781. The number of aromatic nitrogens is 1. The fourth-order valence-electron chi connectivity index (χ4n) is 1.71. The van der Waals surface area contributed by atoms with Crippen molar-refractivity contribution < 1.29 is 23.5 Å². The number of aryl methyl sites for hydroxylation is 1. The molecule has 7 heteroatoms. The molecule has 0 N–H and O–H groups in total. The van der Waals surface area contributed by atoms with Crippen molar-refractivity contribution in [3.63, 3.8) is 0 Å². The summed E-state index contributed by atoms with van der Waals surface area (Å²) in [6, 6.07) is 5.58. The molecule has 2 rings (SSSR count). The van der Waals surface area contributed by atoms with Crippen LogP contribution in [0.1, 0.15) is 26.6 Å². The summed E-state index contributed by atoms with van der Waals surface area (Å²) in [6.45, 7) is 1.94. The SMILES string of the molecule is COC(=O)c1nc(-c2cccc(C)c2I)oc1C(=O)OC. The van der Waals surface area contributed by atoms with E-state index in [-0.39, 0.29) is 17.3 Å². The average molecular weight is 401 g/mol. The second-order valence-electron chi connectivity index (χ2n) is 4.12. The molecule has 2 aromatic rings. The van der Waals surface area contributed by atoms with Crippen LogP contribution in [0, 0.1) is 10.5 Å². The van der Waals surface area contributed by atoms with Gasteiger partial charge in [0.1, 0.15) is 0 Å². The molecule has 0 aliphatic carbocycles. The third kappa shape index (κ3) is 2.92. The van der Waals surface area contributed by atoms with Crippen LogP contribution in [0.2, 0.25) is 0 Å². The van der Waals surface area contributed by atoms with Gasteiger partial charge in [-0.3, -0.25) is 0 Å². The fraction of sp³-hybridized carbons (Fsp3) is 0.214. The zero-order chi connectivity index (χ0) is 15.6. The Bertz CT molecular complexity index is 674. The van der Waals surface area contributed by atoms with Crippen LogP contribution in [0.4, 0.5) is 0 Å². The van der Waals surface area contributed by atoms with E-state index >= 15 is 0 Å². The normalized spacial score (nSPS) is 10.3.